The van der Waals surface area contributed by atoms with Crippen LogP contribution in [0.4, 0.5) is 11.4 Å². The number of rotatable bonds is 9. The fraction of sp³-hybridized carbons (Fsp3) is 0.267. The number of ketones is 1. The maximum Gasteiger partial charge on any atom is 0.326 e. The molecular weight excluding hydrogens is 466 g/mol. The number of nitrogens with zero attached hydrogens (tertiary/aromatic N) is 2. The number of hydrogen-bond donors (Lipinski definition) is 1. The van der Waals surface area contributed by atoms with Crippen LogP contribution in [0.3, 0.4) is 0 Å². The number of amides is 1. The lowest BCUT2D eigenvalue weighted by molar-refractivity contribution is -0.144. The van der Waals surface area contributed by atoms with Gasteiger partial charge >= 0.3 is 5.97 Å². The third-order valence-corrected chi connectivity index (χ3v) is 6.38. The first-order chi connectivity index (χ1) is 17.9. The molecule has 0 saturated heterocycles. The normalized spacial score (nSPS) is 13.1. The highest BCUT2D eigenvalue weighted by molar-refractivity contribution is 6.00. The molecule has 188 valence electrons. The van der Waals surface area contributed by atoms with Crippen molar-refractivity contribution < 1.29 is 19.1 Å². The lowest BCUT2D eigenvalue weighted by Crippen LogP contribution is -2.35. The molecule has 3 aromatic rings. The van der Waals surface area contributed by atoms with Gasteiger partial charge in [0, 0.05) is 29.9 Å². The first-order valence-electron chi connectivity index (χ1n) is 12.4. The Morgan fingerprint density at radius 1 is 1.05 bits per heavy atom. The number of nitriles is 1. The van der Waals surface area contributed by atoms with Gasteiger partial charge in [-0.05, 0) is 67.6 Å². The number of nitrogens with one attached hydrogen (secondary N) is 1. The average molecular weight is 496 g/mol. The molecular formula is C30H29N3O4. The number of aryl methyl sites for hydroxylation is 2. The van der Waals surface area contributed by atoms with Crippen molar-refractivity contribution >= 4 is 29.0 Å². The zero-order valence-electron chi connectivity index (χ0n) is 20.8. The van der Waals surface area contributed by atoms with E-state index in [1.165, 1.54) is 0 Å². The van der Waals surface area contributed by atoms with Crippen LogP contribution in [0.5, 0.6) is 0 Å². The lowest BCUT2D eigenvalue weighted by Gasteiger charge is -2.30. The van der Waals surface area contributed by atoms with E-state index in [1.807, 2.05) is 41.3 Å². The molecule has 0 spiro atoms. The minimum atomic E-state index is -0.871. The van der Waals surface area contributed by atoms with Crippen LogP contribution in [0.2, 0.25) is 0 Å². The minimum absolute atomic E-state index is 0.0617. The van der Waals surface area contributed by atoms with Crippen LogP contribution in [0, 0.1) is 11.3 Å². The predicted octanol–water partition coefficient (Wildman–Crippen LogP) is 4.70. The summed E-state index contributed by atoms with van der Waals surface area (Å²) in [6, 6.07) is 23.9. The molecule has 4 rings (SSSR count). The Bertz CT molecular complexity index is 1310. The van der Waals surface area contributed by atoms with Gasteiger partial charge in [-0.1, -0.05) is 42.5 Å². The Morgan fingerprint density at radius 2 is 1.81 bits per heavy atom. The summed E-state index contributed by atoms with van der Waals surface area (Å²) in [7, 11) is 0. The number of esters is 1. The van der Waals surface area contributed by atoms with Crippen molar-refractivity contribution in [2.45, 2.75) is 38.7 Å². The van der Waals surface area contributed by atoms with Crippen molar-refractivity contribution in [3.05, 3.63) is 95.1 Å². The standard InChI is InChI=1S/C30H29N3O4/c1-21(30(36)24-6-3-2-4-7-24)37-29(35)20-32-26-14-15-27-25(18-26)8-5-17-33(27)28(34)16-13-22-9-11-23(19-31)12-10-22/h2-4,6-7,9-12,14-15,18,21,32H,5,8,13,16-17,20H2,1H3. The number of carbonyl (C=O) groups excluding carboxylic acids is 3. The van der Waals surface area contributed by atoms with E-state index in [2.05, 4.69) is 11.4 Å². The number of hydrogen-bond acceptors (Lipinski definition) is 6. The molecule has 0 radical (unpaired) electrons. The summed E-state index contributed by atoms with van der Waals surface area (Å²) in [4.78, 5) is 39.5. The minimum Gasteiger partial charge on any atom is -0.453 e. The van der Waals surface area contributed by atoms with Crippen LogP contribution in [0.15, 0.2) is 72.8 Å². The second-order valence-corrected chi connectivity index (χ2v) is 9.02. The lowest BCUT2D eigenvalue weighted by atomic mass is 10.00. The summed E-state index contributed by atoms with van der Waals surface area (Å²) in [5, 5.41) is 12.0. The van der Waals surface area contributed by atoms with E-state index in [0.29, 0.717) is 30.5 Å². The number of anilines is 2. The second-order valence-electron chi connectivity index (χ2n) is 9.02. The molecule has 37 heavy (non-hydrogen) atoms. The summed E-state index contributed by atoms with van der Waals surface area (Å²) in [5.41, 5.74) is 4.82. The Morgan fingerprint density at radius 3 is 2.54 bits per heavy atom. The molecule has 1 unspecified atom stereocenters. The van der Waals surface area contributed by atoms with E-state index in [9.17, 15) is 14.4 Å². The largest absolute Gasteiger partial charge is 0.453 e. The van der Waals surface area contributed by atoms with Crippen molar-refractivity contribution in [2.75, 3.05) is 23.3 Å². The van der Waals surface area contributed by atoms with E-state index >= 15 is 0 Å². The first kappa shape index (κ1) is 25.6. The molecule has 1 heterocycles. The van der Waals surface area contributed by atoms with E-state index < -0.39 is 12.1 Å². The molecule has 0 aliphatic carbocycles. The summed E-state index contributed by atoms with van der Waals surface area (Å²) in [6.07, 6.45) is 1.84. The van der Waals surface area contributed by atoms with E-state index in [4.69, 9.17) is 10.00 Å². The molecule has 1 N–H and O–H groups in total. The molecule has 0 bridgehead atoms. The highest BCUT2D eigenvalue weighted by Gasteiger charge is 2.23. The van der Waals surface area contributed by atoms with Gasteiger partial charge in [-0.3, -0.25) is 14.4 Å². The topological polar surface area (TPSA) is 99.5 Å². The molecule has 0 saturated carbocycles. The van der Waals surface area contributed by atoms with E-state index in [-0.39, 0.29) is 18.2 Å². The second kappa shape index (κ2) is 12.0. The maximum atomic E-state index is 13.0. The molecule has 0 aromatic heterocycles. The van der Waals surface area contributed by atoms with Gasteiger partial charge in [0.15, 0.2) is 6.10 Å². The predicted molar refractivity (Wildman–Crippen MR) is 141 cm³/mol. The molecule has 1 aliphatic heterocycles. The molecule has 1 amide bonds. The third kappa shape index (κ3) is 6.62. The fourth-order valence-electron chi connectivity index (χ4n) is 4.40. The maximum absolute atomic E-state index is 13.0. The highest BCUT2D eigenvalue weighted by Crippen LogP contribution is 2.30. The van der Waals surface area contributed by atoms with Gasteiger partial charge in [0.2, 0.25) is 11.7 Å². The van der Waals surface area contributed by atoms with Crippen molar-refractivity contribution in [3.8, 4) is 6.07 Å². The van der Waals surface area contributed by atoms with Crippen molar-refractivity contribution in [3.63, 3.8) is 0 Å². The zero-order chi connectivity index (χ0) is 26.2. The molecule has 7 heteroatoms. The van der Waals surface area contributed by atoms with Crippen molar-refractivity contribution in [1.29, 1.82) is 5.26 Å². The van der Waals surface area contributed by atoms with Crippen LogP contribution >= 0.6 is 0 Å². The smallest absolute Gasteiger partial charge is 0.326 e. The zero-order valence-corrected chi connectivity index (χ0v) is 20.8. The first-order valence-corrected chi connectivity index (χ1v) is 12.4. The highest BCUT2D eigenvalue weighted by atomic mass is 16.5. The van der Waals surface area contributed by atoms with Gasteiger partial charge in [-0.2, -0.15) is 5.26 Å². The Balaban J connectivity index is 1.31. The van der Waals surface area contributed by atoms with Crippen LogP contribution in [0.1, 0.15) is 46.8 Å². The van der Waals surface area contributed by atoms with Crippen LogP contribution in [-0.4, -0.2) is 36.9 Å². The van der Waals surface area contributed by atoms with Crippen LogP contribution in [0.25, 0.3) is 0 Å². The van der Waals surface area contributed by atoms with Crippen molar-refractivity contribution in [1.82, 2.24) is 0 Å². The van der Waals surface area contributed by atoms with Crippen LogP contribution < -0.4 is 10.2 Å². The van der Waals surface area contributed by atoms with Gasteiger partial charge < -0.3 is 15.0 Å². The summed E-state index contributed by atoms with van der Waals surface area (Å²) < 4.78 is 5.31. The van der Waals surface area contributed by atoms with Gasteiger partial charge in [0.25, 0.3) is 0 Å². The summed E-state index contributed by atoms with van der Waals surface area (Å²) in [6.45, 7) is 2.17. The Hall–Kier alpha value is -4.44. The van der Waals surface area contributed by atoms with Gasteiger partial charge in [0.1, 0.15) is 6.54 Å². The van der Waals surface area contributed by atoms with Crippen LogP contribution in [-0.2, 0) is 27.2 Å². The molecule has 1 aliphatic rings. The monoisotopic (exact) mass is 495 g/mol. The molecule has 0 fully saturated rings. The molecule has 7 nitrogen and oxygen atoms in total. The molecule has 3 aromatic carbocycles. The van der Waals surface area contributed by atoms with E-state index in [1.54, 1.807) is 43.3 Å². The Kier molecular flexibility index (Phi) is 8.32. The number of carbonyl (C=O) groups is 3. The number of Topliss-reactive ketones (excluding diaryl/α,β-unsaturated/α-hetero) is 1. The number of ether oxygens (including phenoxy) is 1. The van der Waals surface area contributed by atoms with Gasteiger partial charge in [-0.25, -0.2) is 0 Å². The number of benzene rings is 3. The summed E-state index contributed by atoms with van der Waals surface area (Å²) >= 11 is 0. The molecule has 1 atom stereocenters. The van der Waals surface area contributed by atoms with Crippen molar-refractivity contribution in [2.24, 2.45) is 0 Å². The quantitative estimate of drug-likeness (QED) is 0.341. The fourth-order valence-corrected chi connectivity index (χ4v) is 4.40. The average Bonchev–Trinajstić information content (AvgIpc) is 2.94. The SMILES string of the molecule is CC(OC(=O)CNc1ccc2c(c1)CCCN2C(=O)CCc1ccc(C#N)cc1)C(=O)c1ccccc1. The van der Waals surface area contributed by atoms with Gasteiger partial charge in [0.05, 0.1) is 11.6 Å². The number of fused-ring (bicyclic) bond motifs is 1. The van der Waals surface area contributed by atoms with Gasteiger partial charge in [-0.15, -0.1) is 0 Å². The summed E-state index contributed by atoms with van der Waals surface area (Å²) in [5.74, 6) is -0.701. The third-order valence-electron chi connectivity index (χ3n) is 6.38. The van der Waals surface area contributed by atoms with E-state index in [0.717, 1.165) is 35.3 Å². The Labute approximate surface area is 216 Å².